The molecule has 0 amide bonds. The predicted octanol–water partition coefficient (Wildman–Crippen LogP) is 2.72. The number of hydrogen-bond acceptors (Lipinski definition) is 3. The fourth-order valence-electron chi connectivity index (χ4n) is 1.91. The molecule has 1 fully saturated rings. The average Bonchev–Trinajstić information content (AvgIpc) is 2.31. The molecule has 1 aliphatic heterocycles. The summed E-state index contributed by atoms with van der Waals surface area (Å²) in [5, 5.41) is 0.695. The molecule has 0 aliphatic carbocycles. The number of ether oxygens (including phenoxy) is 1. The van der Waals surface area contributed by atoms with Crippen molar-refractivity contribution >= 4 is 11.8 Å². The molecular weight excluding hydrogens is 218 g/mol. The van der Waals surface area contributed by atoms with Crippen molar-refractivity contribution in [2.45, 2.75) is 36.5 Å². The van der Waals surface area contributed by atoms with Crippen molar-refractivity contribution in [1.82, 2.24) is 0 Å². The maximum Gasteiger partial charge on any atom is 0.0476 e. The van der Waals surface area contributed by atoms with Crippen LogP contribution in [0.25, 0.3) is 0 Å². The van der Waals surface area contributed by atoms with Crippen LogP contribution in [0.4, 0.5) is 0 Å². The van der Waals surface area contributed by atoms with Crippen LogP contribution in [0.3, 0.4) is 0 Å². The van der Waals surface area contributed by atoms with Gasteiger partial charge in [-0.15, -0.1) is 11.8 Å². The molecular formula is C13H19NOS. The van der Waals surface area contributed by atoms with Crippen LogP contribution < -0.4 is 5.73 Å². The Labute approximate surface area is 102 Å². The number of rotatable bonds is 3. The first-order valence-electron chi connectivity index (χ1n) is 5.83. The van der Waals surface area contributed by atoms with Gasteiger partial charge in [0.05, 0.1) is 0 Å². The maximum absolute atomic E-state index is 5.77. The molecule has 0 saturated carbocycles. The zero-order valence-electron chi connectivity index (χ0n) is 9.74. The molecule has 0 radical (unpaired) electrons. The van der Waals surface area contributed by atoms with Crippen LogP contribution in [-0.4, -0.2) is 18.5 Å². The lowest BCUT2D eigenvalue weighted by Crippen LogP contribution is -2.17. The van der Waals surface area contributed by atoms with Gasteiger partial charge >= 0.3 is 0 Å². The molecule has 0 spiro atoms. The van der Waals surface area contributed by atoms with Gasteiger partial charge in [0, 0.05) is 29.9 Å². The van der Waals surface area contributed by atoms with E-state index in [-0.39, 0.29) is 0 Å². The summed E-state index contributed by atoms with van der Waals surface area (Å²) in [5.41, 5.74) is 8.35. The summed E-state index contributed by atoms with van der Waals surface area (Å²) in [6, 6.07) is 6.54. The van der Waals surface area contributed by atoms with Gasteiger partial charge in [-0.2, -0.15) is 0 Å². The molecule has 1 saturated heterocycles. The summed E-state index contributed by atoms with van der Waals surface area (Å²) >= 11 is 1.97. The van der Waals surface area contributed by atoms with Gasteiger partial charge in [0.15, 0.2) is 0 Å². The third kappa shape index (κ3) is 3.00. The summed E-state index contributed by atoms with van der Waals surface area (Å²) in [7, 11) is 0. The van der Waals surface area contributed by atoms with Gasteiger partial charge in [-0.1, -0.05) is 12.1 Å². The topological polar surface area (TPSA) is 35.2 Å². The molecule has 0 bridgehead atoms. The zero-order chi connectivity index (χ0) is 11.4. The molecule has 2 nitrogen and oxygen atoms in total. The Bertz CT molecular complexity index is 348. The van der Waals surface area contributed by atoms with Crippen LogP contribution in [0.5, 0.6) is 0 Å². The van der Waals surface area contributed by atoms with Crippen LogP contribution in [0.1, 0.15) is 24.0 Å². The van der Waals surface area contributed by atoms with Crippen molar-refractivity contribution in [2.75, 3.05) is 13.2 Å². The molecule has 2 rings (SSSR count). The standard InChI is InChI=1S/C13H19NOS/c1-10-2-3-11(9-14)13(8-10)16-12-4-6-15-7-5-12/h2-3,8,12H,4-7,9,14H2,1H3. The molecule has 0 aromatic heterocycles. The van der Waals surface area contributed by atoms with Gasteiger partial charge < -0.3 is 10.5 Å². The minimum Gasteiger partial charge on any atom is -0.381 e. The van der Waals surface area contributed by atoms with Crippen molar-refractivity contribution in [3.63, 3.8) is 0 Å². The van der Waals surface area contributed by atoms with Gasteiger partial charge in [-0.05, 0) is 37.0 Å². The van der Waals surface area contributed by atoms with Crippen LogP contribution in [-0.2, 0) is 11.3 Å². The number of hydrogen-bond donors (Lipinski definition) is 1. The highest BCUT2D eigenvalue weighted by Gasteiger charge is 2.16. The summed E-state index contributed by atoms with van der Waals surface area (Å²) in [4.78, 5) is 1.36. The normalized spacial score (nSPS) is 17.6. The van der Waals surface area contributed by atoms with E-state index in [0.29, 0.717) is 11.8 Å². The van der Waals surface area contributed by atoms with E-state index in [1.807, 2.05) is 11.8 Å². The van der Waals surface area contributed by atoms with E-state index in [1.54, 1.807) is 0 Å². The van der Waals surface area contributed by atoms with Crippen molar-refractivity contribution in [3.05, 3.63) is 29.3 Å². The molecule has 1 aliphatic rings. The fraction of sp³-hybridized carbons (Fsp3) is 0.538. The van der Waals surface area contributed by atoms with Gasteiger partial charge in [0.25, 0.3) is 0 Å². The van der Waals surface area contributed by atoms with Crippen molar-refractivity contribution in [1.29, 1.82) is 0 Å². The molecule has 1 aromatic rings. The Morgan fingerprint density at radius 2 is 2.12 bits per heavy atom. The minimum absolute atomic E-state index is 0.631. The van der Waals surface area contributed by atoms with Crippen LogP contribution >= 0.6 is 11.8 Å². The fourth-order valence-corrected chi connectivity index (χ4v) is 3.26. The Hall–Kier alpha value is -0.510. The molecule has 1 heterocycles. The average molecular weight is 237 g/mol. The van der Waals surface area contributed by atoms with Crippen molar-refractivity contribution < 1.29 is 4.74 Å². The second-order valence-corrected chi connectivity index (χ2v) is 5.59. The summed E-state index contributed by atoms with van der Waals surface area (Å²) < 4.78 is 5.38. The van der Waals surface area contributed by atoms with Gasteiger partial charge in [0.2, 0.25) is 0 Å². The zero-order valence-corrected chi connectivity index (χ0v) is 10.6. The molecule has 16 heavy (non-hydrogen) atoms. The first kappa shape index (κ1) is 12.0. The molecule has 0 unspecified atom stereocenters. The Morgan fingerprint density at radius 3 is 2.81 bits per heavy atom. The van der Waals surface area contributed by atoms with E-state index < -0.39 is 0 Å². The Balaban J connectivity index is 2.09. The quantitative estimate of drug-likeness (QED) is 0.878. The highest BCUT2D eigenvalue weighted by molar-refractivity contribution is 8.00. The summed E-state index contributed by atoms with van der Waals surface area (Å²) in [6.07, 6.45) is 2.31. The molecule has 88 valence electrons. The number of thioether (sulfide) groups is 1. The van der Waals surface area contributed by atoms with E-state index in [4.69, 9.17) is 10.5 Å². The minimum atomic E-state index is 0.631. The van der Waals surface area contributed by atoms with E-state index >= 15 is 0 Å². The van der Waals surface area contributed by atoms with Crippen LogP contribution in [0.2, 0.25) is 0 Å². The van der Waals surface area contributed by atoms with Crippen LogP contribution in [0.15, 0.2) is 23.1 Å². The predicted molar refractivity (Wildman–Crippen MR) is 68.8 cm³/mol. The van der Waals surface area contributed by atoms with E-state index in [0.717, 1.165) is 26.1 Å². The van der Waals surface area contributed by atoms with Crippen molar-refractivity contribution in [3.8, 4) is 0 Å². The number of nitrogens with two attached hydrogens (primary N) is 1. The number of aryl methyl sites for hydroxylation is 1. The molecule has 1 aromatic carbocycles. The van der Waals surface area contributed by atoms with Crippen molar-refractivity contribution in [2.24, 2.45) is 5.73 Å². The smallest absolute Gasteiger partial charge is 0.0476 e. The Kier molecular flexibility index (Phi) is 4.27. The second kappa shape index (κ2) is 5.71. The molecule has 2 N–H and O–H groups in total. The number of benzene rings is 1. The molecule has 0 atom stereocenters. The summed E-state index contributed by atoms with van der Waals surface area (Å²) in [6.45, 7) is 4.57. The monoisotopic (exact) mass is 237 g/mol. The largest absolute Gasteiger partial charge is 0.381 e. The summed E-state index contributed by atoms with van der Waals surface area (Å²) in [5.74, 6) is 0. The lowest BCUT2D eigenvalue weighted by Gasteiger charge is -2.22. The van der Waals surface area contributed by atoms with Gasteiger partial charge in [-0.25, -0.2) is 0 Å². The van der Waals surface area contributed by atoms with Gasteiger partial charge in [-0.3, -0.25) is 0 Å². The van der Waals surface area contributed by atoms with E-state index in [9.17, 15) is 0 Å². The first-order valence-corrected chi connectivity index (χ1v) is 6.71. The molecule has 3 heteroatoms. The highest BCUT2D eigenvalue weighted by Crippen LogP contribution is 2.32. The third-order valence-electron chi connectivity index (χ3n) is 2.90. The lowest BCUT2D eigenvalue weighted by atomic mass is 10.1. The lowest BCUT2D eigenvalue weighted by molar-refractivity contribution is 0.100. The maximum atomic E-state index is 5.77. The SMILES string of the molecule is Cc1ccc(CN)c(SC2CCOCC2)c1. The highest BCUT2D eigenvalue weighted by atomic mass is 32.2. The second-order valence-electron chi connectivity index (χ2n) is 4.24. The van der Waals surface area contributed by atoms with Gasteiger partial charge in [0.1, 0.15) is 0 Å². The third-order valence-corrected chi connectivity index (χ3v) is 4.34. The Morgan fingerprint density at radius 1 is 1.38 bits per heavy atom. The van der Waals surface area contributed by atoms with E-state index in [1.165, 1.54) is 16.0 Å². The first-order chi connectivity index (χ1) is 7.79. The van der Waals surface area contributed by atoms with E-state index in [2.05, 4.69) is 25.1 Å². The van der Waals surface area contributed by atoms with Crippen LogP contribution in [0, 0.1) is 6.92 Å².